The van der Waals surface area contributed by atoms with Gasteiger partial charge in [0.15, 0.2) is 5.78 Å². The molecule has 0 saturated heterocycles. The Bertz CT molecular complexity index is 366. The summed E-state index contributed by atoms with van der Waals surface area (Å²) in [5, 5.41) is 0. The highest BCUT2D eigenvalue weighted by atomic mass is 16.5. The zero-order valence-corrected chi connectivity index (χ0v) is 9.93. The van der Waals surface area contributed by atoms with Crippen molar-refractivity contribution < 1.29 is 9.53 Å². The van der Waals surface area contributed by atoms with Crippen LogP contribution in [0.1, 0.15) is 5.56 Å². The zero-order valence-electron chi connectivity index (χ0n) is 9.93. The molecule has 1 aromatic rings. The summed E-state index contributed by atoms with van der Waals surface area (Å²) in [5.74, 6) is 0.0412. The second-order valence-electron chi connectivity index (χ2n) is 3.74. The van der Waals surface area contributed by atoms with Crippen LogP contribution in [0.15, 0.2) is 36.6 Å². The Morgan fingerprint density at radius 3 is 2.44 bits per heavy atom. The lowest BCUT2D eigenvalue weighted by molar-refractivity contribution is -0.114. The average Bonchev–Trinajstić information content (AvgIpc) is 2.27. The van der Waals surface area contributed by atoms with Gasteiger partial charge in [0, 0.05) is 32.3 Å². The highest BCUT2D eigenvalue weighted by molar-refractivity contribution is 5.91. The lowest BCUT2D eigenvalue weighted by Gasteiger charge is -2.12. The summed E-state index contributed by atoms with van der Waals surface area (Å²) in [7, 11) is 5.50. The van der Waals surface area contributed by atoms with Crippen LogP contribution in [0, 0.1) is 0 Å². The van der Waals surface area contributed by atoms with Gasteiger partial charge in [-0.2, -0.15) is 0 Å². The van der Waals surface area contributed by atoms with Gasteiger partial charge in [0.05, 0.1) is 13.4 Å². The largest absolute Gasteiger partial charge is 0.504 e. The van der Waals surface area contributed by atoms with Crippen LogP contribution in [-0.2, 0) is 16.0 Å². The van der Waals surface area contributed by atoms with Crippen molar-refractivity contribution in [3.8, 4) is 0 Å². The summed E-state index contributed by atoms with van der Waals surface area (Å²) >= 11 is 0. The minimum atomic E-state index is 0.0412. The van der Waals surface area contributed by atoms with Crippen molar-refractivity contribution in [3.05, 3.63) is 42.2 Å². The molecule has 16 heavy (non-hydrogen) atoms. The highest BCUT2D eigenvalue weighted by Crippen LogP contribution is 2.12. The summed E-state index contributed by atoms with van der Waals surface area (Å²) in [6.45, 7) is 0. The van der Waals surface area contributed by atoms with Crippen molar-refractivity contribution in [3.63, 3.8) is 0 Å². The molecule has 0 amide bonds. The Balaban J connectivity index is 2.62. The highest BCUT2D eigenvalue weighted by Gasteiger charge is 2.00. The fraction of sp³-hybridized carbons (Fsp3) is 0.308. The second-order valence-corrected chi connectivity index (χ2v) is 3.74. The van der Waals surface area contributed by atoms with Crippen LogP contribution in [0.4, 0.5) is 5.69 Å². The first-order valence-electron chi connectivity index (χ1n) is 5.12. The number of carbonyl (C=O) groups is 1. The summed E-state index contributed by atoms with van der Waals surface area (Å²) in [4.78, 5) is 13.4. The molecule has 0 aliphatic heterocycles. The number of ketones is 1. The van der Waals surface area contributed by atoms with Crippen LogP contribution in [0.3, 0.4) is 0 Å². The molecule has 0 aliphatic rings. The van der Waals surface area contributed by atoms with Gasteiger partial charge in [-0.25, -0.2) is 0 Å². The van der Waals surface area contributed by atoms with E-state index in [1.54, 1.807) is 0 Å². The lowest BCUT2D eigenvalue weighted by Crippen LogP contribution is -2.08. The van der Waals surface area contributed by atoms with Gasteiger partial charge in [0.1, 0.15) is 0 Å². The van der Waals surface area contributed by atoms with E-state index >= 15 is 0 Å². The maximum Gasteiger partial charge on any atom is 0.163 e. The molecule has 1 aromatic carbocycles. The molecule has 0 saturated carbocycles. The first kappa shape index (κ1) is 12.3. The van der Waals surface area contributed by atoms with Crippen LogP contribution in [-0.4, -0.2) is 27.0 Å². The Labute approximate surface area is 96.3 Å². The Morgan fingerprint density at radius 1 is 1.31 bits per heavy atom. The molecule has 0 N–H and O–H groups in total. The number of ether oxygens (including phenoxy) is 1. The van der Waals surface area contributed by atoms with Gasteiger partial charge in [-0.3, -0.25) is 4.79 Å². The van der Waals surface area contributed by atoms with Crippen molar-refractivity contribution >= 4 is 11.5 Å². The van der Waals surface area contributed by atoms with E-state index in [1.165, 1.54) is 19.4 Å². The van der Waals surface area contributed by atoms with Crippen LogP contribution in [0.5, 0.6) is 0 Å². The lowest BCUT2D eigenvalue weighted by atomic mass is 10.1. The number of rotatable bonds is 5. The first-order valence-corrected chi connectivity index (χ1v) is 5.12. The van der Waals surface area contributed by atoms with Gasteiger partial charge >= 0.3 is 0 Å². The topological polar surface area (TPSA) is 29.5 Å². The predicted octanol–water partition coefficient (Wildman–Crippen LogP) is 2.02. The maximum atomic E-state index is 11.4. The first-order chi connectivity index (χ1) is 7.63. The van der Waals surface area contributed by atoms with Crippen molar-refractivity contribution in [2.45, 2.75) is 6.42 Å². The van der Waals surface area contributed by atoms with Gasteiger partial charge < -0.3 is 9.64 Å². The number of allylic oxidation sites excluding steroid dienone is 1. The average molecular weight is 219 g/mol. The monoisotopic (exact) mass is 219 g/mol. The summed E-state index contributed by atoms with van der Waals surface area (Å²) in [5.41, 5.74) is 2.14. The number of hydrogen-bond donors (Lipinski definition) is 0. The fourth-order valence-corrected chi connectivity index (χ4v) is 1.32. The number of hydrogen-bond acceptors (Lipinski definition) is 3. The van der Waals surface area contributed by atoms with E-state index in [-0.39, 0.29) is 5.78 Å². The van der Waals surface area contributed by atoms with Crippen molar-refractivity contribution in [2.24, 2.45) is 0 Å². The minimum Gasteiger partial charge on any atom is -0.504 e. The molecule has 0 spiro atoms. The molecule has 86 valence electrons. The van der Waals surface area contributed by atoms with E-state index in [1.807, 2.05) is 43.3 Å². The van der Waals surface area contributed by atoms with Crippen LogP contribution >= 0.6 is 0 Å². The molecule has 0 bridgehead atoms. The third kappa shape index (κ3) is 3.77. The molecule has 0 fully saturated rings. The van der Waals surface area contributed by atoms with E-state index in [9.17, 15) is 4.79 Å². The number of carbonyl (C=O) groups excluding carboxylic acids is 1. The molecule has 0 heterocycles. The SMILES string of the molecule is CO/C=C/C(=O)Cc1ccc(N(C)C)cc1. The molecule has 0 unspecified atom stereocenters. The molecule has 0 atom stereocenters. The van der Waals surface area contributed by atoms with Gasteiger partial charge in [-0.1, -0.05) is 12.1 Å². The number of methoxy groups -OCH3 is 1. The Morgan fingerprint density at radius 2 is 1.94 bits per heavy atom. The Kier molecular flexibility index (Phi) is 4.58. The van der Waals surface area contributed by atoms with E-state index in [0.717, 1.165) is 11.3 Å². The van der Waals surface area contributed by atoms with Crippen LogP contribution in [0.2, 0.25) is 0 Å². The zero-order chi connectivity index (χ0) is 12.0. The summed E-state index contributed by atoms with van der Waals surface area (Å²) in [6, 6.07) is 7.94. The van der Waals surface area contributed by atoms with Gasteiger partial charge in [0.25, 0.3) is 0 Å². The van der Waals surface area contributed by atoms with Crippen molar-refractivity contribution in [1.29, 1.82) is 0 Å². The fourth-order valence-electron chi connectivity index (χ4n) is 1.32. The number of nitrogens with zero attached hydrogens (tertiary/aromatic N) is 1. The molecule has 3 nitrogen and oxygen atoms in total. The van der Waals surface area contributed by atoms with Crippen LogP contribution in [0.25, 0.3) is 0 Å². The molecule has 3 heteroatoms. The van der Waals surface area contributed by atoms with E-state index in [4.69, 9.17) is 4.74 Å². The van der Waals surface area contributed by atoms with Crippen molar-refractivity contribution in [1.82, 2.24) is 0 Å². The normalized spacial score (nSPS) is 10.4. The molecule has 0 radical (unpaired) electrons. The molecular formula is C13H17NO2. The minimum absolute atomic E-state index is 0.0412. The second kappa shape index (κ2) is 5.95. The van der Waals surface area contributed by atoms with Crippen LogP contribution < -0.4 is 4.90 Å². The predicted molar refractivity (Wildman–Crippen MR) is 65.6 cm³/mol. The standard InChI is InChI=1S/C13H17NO2/c1-14(2)12-6-4-11(5-7-12)10-13(15)8-9-16-3/h4-9H,10H2,1-3H3/b9-8+. The van der Waals surface area contributed by atoms with E-state index in [2.05, 4.69) is 0 Å². The third-order valence-corrected chi connectivity index (χ3v) is 2.22. The third-order valence-electron chi connectivity index (χ3n) is 2.22. The van der Waals surface area contributed by atoms with E-state index in [0.29, 0.717) is 6.42 Å². The van der Waals surface area contributed by atoms with Gasteiger partial charge in [-0.05, 0) is 17.7 Å². The molecule has 0 aromatic heterocycles. The molecule has 1 rings (SSSR count). The molecular weight excluding hydrogens is 202 g/mol. The summed E-state index contributed by atoms with van der Waals surface area (Å²) in [6.07, 6.45) is 3.25. The quantitative estimate of drug-likeness (QED) is 0.560. The number of anilines is 1. The smallest absolute Gasteiger partial charge is 0.163 e. The van der Waals surface area contributed by atoms with E-state index < -0.39 is 0 Å². The summed E-state index contributed by atoms with van der Waals surface area (Å²) < 4.78 is 4.69. The maximum absolute atomic E-state index is 11.4. The van der Waals surface area contributed by atoms with Crippen molar-refractivity contribution in [2.75, 3.05) is 26.1 Å². The molecule has 0 aliphatic carbocycles. The number of benzene rings is 1. The Hall–Kier alpha value is -1.77. The van der Waals surface area contributed by atoms with Gasteiger partial charge in [0.2, 0.25) is 0 Å². The van der Waals surface area contributed by atoms with Gasteiger partial charge in [-0.15, -0.1) is 0 Å².